The molecule has 1 rings (SSSR count). The van der Waals surface area contributed by atoms with Crippen molar-refractivity contribution in [2.75, 3.05) is 13.7 Å². The molecule has 5 nitrogen and oxygen atoms in total. The fourth-order valence-electron chi connectivity index (χ4n) is 1.27. The molecular weight excluding hydrogens is 258 g/mol. The van der Waals surface area contributed by atoms with Gasteiger partial charge in [0.25, 0.3) is 0 Å². The summed E-state index contributed by atoms with van der Waals surface area (Å²) in [6.07, 6.45) is 3.73. The third-order valence-electron chi connectivity index (χ3n) is 1.99. The third kappa shape index (κ3) is 3.78. The summed E-state index contributed by atoms with van der Waals surface area (Å²) in [5.74, 6) is 0.796. The zero-order valence-electron chi connectivity index (χ0n) is 9.76. The Labute approximate surface area is 109 Å². The zero-order chi connectivity index (χ0) is 13.5. The Morgan fingerprint density at radius 3 is 2.83 bits per heavy atom. The van der Waals surface area contributed by atoms with Crippen molar-refractivity contribution in [2.45, 2.75) is 0 Å². The van der Waals surface area contributed by atoms with Crippen molar-refractivity contribution in [3.8, 4) is 11.5 Å². The first-order valence-corrected chi connectivity index (χ1v) is 5.39. The monoisotopic (exact) mass is 269 g/mol. The SMILES string of the molecule is C=CCOc1c(Cl)cc(/C=C/[N+](=O)[O-])cc1OC. The van der Waals surface area contributed by atoms with E-state index >= 15 is 0 Å². The largest absolute Gasteiger partial charge is 0.493 e. The van der Waals surface area contributed by atoms with Gasteiger partial charge in [-0.05, 0) is 17.7 Å². The van der Waals surface area contributed by atoms with Crippen LogP contribution in [0.4, 0.5) is 0 Å². The molecule has 6 heteroatoms. The minimum atomic E-state index is -0.553. The lowest BCUT2D eigenvalue weighted by molar-refractivity contribution is -0.400. The lowest BCUT2D eigenvalue weighted by Gasteiger charge is -2.11. The van der Waals surface area contributed by atoms with Crippen LogP contribution in [0, 0.1) is 10.1 Å². The minimum Gasteiger partial charge on any atom is -0.493 e. The van der Waals surface area contributed by atoms with Crippen LogP contribution in [0.5, 0.6) is 11.5 Å². The Morgan fingerprint density at radius 1 is 1.56 bits per heavy atom. The van der Waals surface area contributed by atoms with Crippen LogP contribution in [0.1, 0.15) is 5.56 Å². The predicted octanol–water partition coefficient (Wildman–Crippen LogP) is 3.16. The molecule has 18 heavy (non-hydrogen) atoms. The van der Waals surface area contributed by atoms with E-state index in [4.69, 9.17) is 21.1 Å². The molecule has 0 unspecified atom stereocenters. The van der Waals surface area contributed by atoms with E-state index in [2.05, 4.69) is 6.58 Å². The normalized spacial score (nSPS) is 10.3. The molecule has 1 aromatic carbocycles. The summed E-state index contributed by atoms with van der Waals surface area (Å²) >= 11 is 6.02. The van der Waals surface area contributed by atoms with E-state index in [0.717, 1.165) is 6.20 Å². The van der Waals surface area contributed by atoms with Crippen LogP contribution in [-0.4, -0.2) is 18.6 Å². The van der Waals surface area contributed by atoms with Gasteiger partial charge in [0, 0.05) is 6.08 Å². The first-order chi connectivity index (χ1) is 8.58. The van der Waals surface area contributed by atoms with E-state index in [1.165, 1.54) is 13.2 Å². The summed E-state index contributed by atoms with van der Waals surface area (Å²) in [4.78, 5) is 9.69. The number of methoxy groups -OCH3 is 1. The second kappa shape index (κ2) is 6.66. The topological polar surface area (TPSA) is 61.6 Å². The maximum Gasteiger partial charge on any atom is 0.235 e. The van der Waals surface area contributed by atoms with Crippen molar-refractivity contribution in [3.05, 3.63) is 51.7 Å². The number of ether oxygens (including phenoxy) is 2. The second-order valence-corrected chi connectivity index (χ2v) is 3.64. The van der Waals surface area contributed by atoms with Crippen molar-refractivity contribution < 1.29 is 14.4 Å². The molecule has 0 aliphatic carbocycles. The highest BCUT2D eigenvalue weighted by Crippen LogP contribution is 2.36. The van der Waals surface area contributed by atoms with Crippen molar-refractivity contribution in [2.24, 2.45) is 0 Å². The molecule has 0 fully saturated rings. The highest BCUT2D eigenvalue weighted by molar-refractivity contribution is 6.32. The Morgan fingerprint density at radius 2 is 2.28 bits per heavy atom. The summed E-state index contributed by atoms with van der Waals surface area (Å²) < 4.78 is 10.5. The van der Waals surface area contributed by atoms with Gasteiger partial charge in [-0.1, -0.05) is 24.3 Å². The van der Waals surface area contributed by atoms with Crippen molar-refractivity contribution in [1.29, 1.82) is 0 Å². The smallest absolute Gasteiger partial charge is 0.235 e. The molecule has 0 N–H and O–H groups in total. The molecule has 0 heterocycles. The molecule has 1 aromatic rings. The van der Waals surface area contributed by atoms with Gasteiger partial charge >= 0.3 is 0 Å². The van der Waals surface area contributed by atoms with Crippen LogP contribution in [0.2, 0.25) is 5.02 Å². The molecule has 96 valence electrons. The molecule has 0 aromatic heterocycles. The number of halogens is 1. The molecule has 0 aliphatic rings. The predicted molar refractivity (Wildman–Crippen MR) is 69.7 cm³/mol. The second-order valence-electron chi connectivity index (χ2n) is 3.23. The molecule has 0 radical (unpaired) electrons. The van der Waals surface area contributed by atoms with E-state index in [-0.39, 0.29) is 0 Å². The summed E-state index contributed by atoms with van der Waals surface area (Å²) in [7, 11) is 1.47. The van der Waals surface area contributed by atoms with E-state index in [0.29, 0.717) is 28.7 Å². The molecule has 0 spiro atoms. The quantitative estimate of drug-likeness (QED) is 0.452. The molecule has 0 bridgehead atoms. The van der Waals surface area contributed by atoms with Crippen LogP contribution in [0.3, 0.4) is 0 Å². The molecule has 0 aliphatic heterocycles. The summed E-state index contributed by atoms with van der Waals surface area (Å²) in [5, 5.41) is 10.6. The van der Waals surface area contributed by atoms with Crippen LogP contribution in [0.25, 0.3) is 6.08 Å². The highest BCUT2D eigenvalue weighted by atomic mass is 35.5. The summed E-state index contributed by atoms with van der Waals surface area (Å²) in [5.41, 5.74) is 0.555. The van der Waals surface area contributed by atoms with Gasteiger partial charge in [-0.3, -0.25) is 10.1 Å². The van der Waals surface area contributed by atoms with Gasteiger partial charge < -0.3 is 9.47 Å². The summed E-state index contributed by atoms with van der Waals surface area (Å²) in [6, 6.07) is 3.16. The maximum atomic E-state index is 10.2. The maximum absolute atomic E-state index is 10.2. The fourth-order valence-corrected chi connectivity index (χ4v) is 1.54. The van der Waals surface area contributed by atoms with E-state index in [1.807, 2.05) is 0 Å². The first-order valence-electron chi connectivity index (χ1n) is 5.01. The van der Waals surface area contributed by atoms with Gasteiger partial charge in [-0.15, -0.1) is 0 Å². The number of hydrogen-bond donors (Lipinski definition) is 0. The van der Waals surface area contributed by atoms with Gasteiger partial charge in [0.15, 0.2) is 11.5 Å². The van der Waals surface area contributed by atoms with E-state index < -0.39 is 4.92 Å². The van der Waals surface area contributed by atoms with E-state index in [1.54, 1.807) is 18.2 Å². The molecule has 0 atom stereocenters. The Balaban J connectivity index is 3.09. The third-order valence-corrected chi connectivity index (χ3v) is 2.27. The van der Waals surface area contributed by atoms with E-state index in [9.17, 15) is 10.1 Å². The number of nitrogens with zero attached hydrogens (tertiary/aromatic N) is 1. The van der Waals surface area contributed by atoms with Crippen molar-refractivity contribution in [1.82, 2.24) is 0 Å². The summed E-state index contributed by atoms with van der Waals surface area (Å²) in [6.45, 7) is 3.82. The Hall–Kier alpha value is -2.01. The van der Waals surface area contributed by atoms with Gasteiger partial charge in [0.2, 0.25) is 6.20 Å². The Bertz CT molecular complexity index is 485. The minimum absolute atomic E-state index is 0.292. The van der Waals surface area contributed by atoms with Gasteiger partial charge in [-0.25, -0.2) is 0 Å². The number of rotatable bonds is 6. The average molecular weight is 270 g/mol. The lowest BCUT2D eigenvalue weighted by Crippen LogP contribution is -1.97. The first kappa shape index (κ1) is 14.1. The van der Waals surface area contributed by atoms with Crippen LogP contribution in [-0.2, 0) is 0 Å². The fraction of sp³-hybridized carbons (Fsp3) is 0.167. The van der Waals surface area contributed by atoms with Crippen LogP contribution < -0.4 is 9.47 Å². The average Bonchev–Trinajstić information content (AvgIpc) is 2.34. The standard InChI is InChI=1S/C12H12ClNO4/c1-3-6-18-12-10(13)7-9(4-5-14(15)16)8-11(12)17-2/h3-5,7-8H,1,6H2,2H3/b5-4+. The Kier molecular flexibility index (Phi) is 5.20. The molecule has 0 saturated heterocycles. The lowest BCUT2D eigenvalue weighted by atomic mass is 10.2. The van der Waals surface area contributed by atoms with Crippen molar-refractivity contribution >= 4 is 17.7 Å². The van der Waals surface area contributed by atoms with Crippen LogP contribution in [0.15, 0.2) is 31.0 Å². The van der Waals surface area contributed by atoms with Gasteiger partial charge in [-0.2, -0.15) is 0 Å². The van der Waals surface area contributed by atoms with Gasteiger partial charge in [0.05, 0.1) is 17.1 Å². The number of hydrogen-bond acceptors (Lipinski definition) is 4. The highest BCUT2D eigenvalue weighted by Gasteiger charge is 2.11. The number of benzene rings is 1. The molecule has 0 saturated carbocycles. The number of nitro groups is 1. The van der Waals surface area contributed by atoms with Crippen molar-refractivity contribution in [3.63, 3.8) is 0 Å². The zero-order valence-corrected chi connectivity index (χ0v) is 10.5. The molecular formula is C12H12ClNO4. The molecule has 0 amide bonds. The van der Waals surface area contributed by atoms with Crippen LogP contribution >= 0.6 is 11.6 Å². The van der Waals surface area contributed by atoms with Gasteiger partial charge in [0.1, 0.15) is 6.61 Å².